The summed E-state index contributed by atoms with van der Waals surface area (Å²) in [6.07, 6.45) is 1.65. The Morgan fingerprint density at radius 3 is 2.52 bits per heavy atom. The molecule has 6 heteroatoms. The first-order valence-corrected chi connectivity index (χ1v) is 10.3. The smallest absolute Gasteiger partial charge is 0.296 e. The van der Waals surface area contributed by atoms with Crippen LogP contribution >= 0.6 is 11.6 Å². The van der Waals surface area contributed by atoms with Crippen molar-refractivity contribution in [1.29, 1.82) is 0 Å². The first-order valence-electron chi connectivity index (χ1n) is 9.95. The van der Waals surface area contributed by atoms with Gasteiger partial charge in [-0.1, -0.05) is 23.7 Å². The molecule has 0 fully saturated rings. The molecule has 0 radical (unpaired) electrons. The Kier molecular flexibility index (Phi) is 4.45. The van der Waals surface area contributed by atoms with Crippen LogP contribution in [0.4, 0.5) is 5.82 Å². The summed E-state index contributed by atoms with van der Waals surface area (Å²) in [7, 11) is 0. The molecule has 0 unspecified atom stereocenters. The summed E-state index contributed by atoms with van der Waals surface area (Å²) in [5.41, 5.74) is 4.15. The SMILES string of the molecule is Cc1ccnc(N2C(=O)c3oc4cc(C)c(C)cc4c(=O)c3[C@@H]2c2cccc(Cl)c2)c1. The van der Waals surface area contributed by atoms with Gasteiger partial charge in [0.2, 0.25) is 5.76 Å². The predicted octanol–water partition coefficient (Wildman–Crippen LogP) is 5.52. The number of anilines is 1. The van der Waals surface area contributed by atoms with Gasteiger partial charge in [-0.05, 0) is 79.4 Å². The second-order valence-electron chi connectivity index (χ2n) is 7.93. The first kappa shape index (κ1) is 19.5. The Balaban J connectivity index is 1.85. The summed E-state index contributed by atoms with van der Waals surface area (Å²) >= 11 is 6.26. The average Bonchev–Trinajstić information content (AvgIpc) is 3.02. The minimum absolute atomic E-state index is 0.0500. The lowest BCUT2D eigenvalue weighted by atomic mass is 9.97. The van der Waals surface area contributed by atoms with E-state index >= 15 is 0 Å². The van der Waals surface area contributed by atoms with E-state index in [-0.39, 0.29) is 11.2 Å². The van der Waals surface area contributed by atoms with Crippen molar-refractivity contribution in [3.8, 4) is 0 Å². The Morgan fingerprint density at radius 1 is 1.00 bits per heavy atom. The van der Waals surface area contributed by atoms with Gasteiger partial charge in [0.05, 0.1) is 17.0 Å². The molecule has 0 bridgehead atoms. The Hall–Kier alpha value is -3.44. The molecule has 2 aromatic carbocycles. The summed E-state index contributed by atoms with van der Waals surface area (Å²) in [5, 5.41) is 0.980. The molecule has 1 aliphatic heterocycles. The number of aromatic nitrogens is 1. The lowest BCUT2D eigenvalue weighted by Gasteiger charge is -2.24. The highest BCUT2D eigenvalue weighted by Gasteiger charge is 2.44. The third kappa shape index (κ3) is 3.04. The zero-order chi connectivity index (χ0) is 21.9. The van der Waals surface area contributed by atoms with Crippen molar-refractivity contribution in [3.63, 3.8) is 0 Å². The maximum absolute atomic E-state index is 13.6. The standard InChI is InChI=1S/C25H19ClN2O3/c1-13-7-8-27-20(9-13)28-22(16-5-4-6-17(26)12-16)21-23(29)18-10-14(2)15(3)11-19(18)31-24(21)25(28)30/h4-12,22H,1-3H3/t22-/m0/s1. The summed E-state index contributed by atoms with van der Waals surface area (Å²) in [4.78, 5) is 33.1. The number of hydrogen-bond donors (Lipinski definition) is 0. The Morgan fingerprint density at radius 2 is 1.77 bits per heavy atom. The van der Waals surface area contributed by atoms with E-state index in [1.807, 2.05) is 51.1 Å². The van der Waals surface area contributed by atoms with E-state index in [4.69, 9.17) is 16.0 Å². The van der Waals surface area contributed by atoms with Crippen molar-refractivity contribution in [3.05, 3.63) is 104 Å². The fourth-order valence-corrected chi connectivity index (χ4v) is 4.31. The number of hydrogen-bond acceptors (Lipinski definition) is 4. The second kappa shape index (κ2) is 7.06. The quantitative estimate of drug-likeness (QED) is 0.420. The summed E-state index contributed by atoms with van der Waals surface area (Å²) in [5.74, 6) is 0.113. The van der Waals surface area contributed by atoms with Crippen LogP contribution in [0.5, 0.6) is 0 Å². The van der Waals surface area contributed by atoms with Gasteiger partial charge < -0.3 is 4.42 Å². The number of rotatable bonds is 2. The Labute approximate surface area is 183 Å². The van der Waals surface area contributed by atoms with Gasteiger partial charge in [0.15, 0.2) is 5.43 Å². The number of carbonyl (C=O) groups is 1. The number of carbonyl (C=O) groups excluding carboxylic acids is 1. The molecule has 31 heavy (non-hydrogen) atoms. The summed E-state index contributed by atoms with van der Waals surface area (Å²) in [6.45, 7) is 5.82. The number of amides is 1. The molecule has 1 amide bonds. The van der Waals surface area contributed by atoms with E-state index in [2.05, 4.69) is 4.98 Å². The van der Waals surface area contributed by atoms with Gasteiger partial charge in [-0.2, -0.15) is 0 Å². The lowest BCUT2D eigenvalue weighted by Crippen LogP contribution is -2.30. The largest absolute Gasteiger partial charge is 0.450 e. The Bertz CT molecular complexity index is 1440. The van der Waals surface area contributed by atoms with E-state index in [9.17, 15) is 9.59 Å². The van der Waals surface area contributed by atoms with Crippen LogP contribution in [0.2, 0.25) is 5.02 Å². The van der Waals surface area contributed by atoms with Crippen LogP contribution in [0.25, 0.3) is 11.0 Å². The molecule has 5 rings (SSSR count). The van der Waals surface area contributed by atoms with Crippen molar-refractivity contribution in [2.75, 3.05) is 4.90 Å². The molecule has 1 aliphatic rings. The van der Waals surface area contributed by atoms with Gasteiger partial charge in [0, 0.05) is 11.2 Å². The molecule has 2 aromatic heterocycles. The number of pyridine rings is 1. The highest BCUT2D eigenvalue weighted by Crippen LogP contribution is 2.41. The van der Waals surface area contributed by atoms with Crippen molar-refractivity contribution in [1.82, 2.24) is 4.98 Å². The zero-order valence-electron chi connectivity index (χ0n) is 17.3. The second-order valence-corrected chi connectivity index (χ2v) is 8.37. The molecule has 5 nitrogen and oxygen atoms in total. The lowest BCUT2D eigenvalue weighted by molar-refractivity contribution is 0.0970. The minimum Gasteiger partial charge on any atom is -0.450 e. The van der Waals surface area contributed by atoms with Gasteiger partial charge in [-0.25, -0.2) is 4.98 Å². The number of benzene rings is 2. The third-order valence-electron chi connectivity index (χ3n) is 5.80. The van der Waals surface area contributed by atoms with Crippen LogP contribution in [-0.2, 0) is 0 Å². The van der Waals surface area contributed by atoms with Crippen LogP contribution in [0, 0.1) is 20.8 Å². The van der Waals surface area contributed by atoms with Crippen molar-refractivity contribution in [2.24, 2.45) is 0 Å². The zero-order valence-corrected chi connectivity index (χ0v) is 18.0. The maximum atomic E-state index is 13.6. The van der Waals surface area contributed by atoms with Crippen LogP contribution < -0.4 is 10.3 Å². The van der Waals surface area contributed by atoms with E-state index in [0.29, 0.717) is 27.4 Å². The van der Waals surface area contributed by atoms with Crippen LogP contribution in [0.3, 0.4) is 0 Å². The third-order valence-corrected chi connectivity index (χ3v) is 6.03. The summed E-state index contributed by atoms with van der Waals surface area (Å²) in [6, 6.07) is 13.8. The molecule has 0 aliphatic carbocycles. The molecular formula is C25H19ClN2O3. The van der Waals surface area contributed by atoms with Crippen LogP contribution in [-0.4, -0.2) is 10.9 Å². The van der Waals surface area contributed by atoms with Gasteiger partial charge >= 0.3 is 0 Å². The molecule has 4 aromatic rings. The maximum Gasteiger partial charge on any atom is 0.296 e. The van der Waals surface area contributed by atoms with Gasteiger partial charge in [-0.3, -0.25) is 14.5 Å². The van der Waals surface area contributed by atoms with Gasteiger partial charge in [0.25, 0.3) is 5.91 Å². The monoisotopic (exact) mass is 430 g/mol. The highest BCUT2D eigenvalue weighted by molar-refractivity contribution is 6.30. The fourth-order valence-electron chi connectivity index (χ4n) is 4.11. The number of aryl methyl sites for hydroxylation is 3. The molecule has 1 atom stereocenters. The average molecular weight is 431 g/mol. The summed E-state index contributed by atoms with van der Waals surface area (Å²) < 4.78 is 6.05. The van der Waals surface area contributed by atoms with Crippen LogP contribution in [0.15, 0.2) is 63.9 Å². The van der Waals surface area contributed by atoms with Crippen LogP contribution in [0.1, 0.15) is 44.4 Å². The van der Waals surface area contributed by atoms with E-state index in [1.165, 1.54) is 4.90 Å². The molecule has 3 heterocycles. The highest BCUT2D eigenvalue weighted by atomic mass is 35.5. The normalized spacial score (nSPS) is 15.5. The molecule has 154 valence electrons. The number of nitrogens with zero attached hydrogens (tertiary/aromatic N) is 2. The van der Waals surface area contributed by atoms with E-state index in [0.717, 1.165) is 22.3 Å². The first-order chi connectivity index (χ1) is 14.8. The molecule has 0 saturated carbocycles. The molecule has 0 spiro atoms. The number of fused-ring (bicyclic) bond motifs is 2. The van der Waals surface area contributed by atoms with Crippen molar-refractivity contribution < 1.29 is 9.21 Å². The fraction of sp³-hybridized carbons (Fsp3) is 0.160. The predicted molar refractivity (Wildman–Crippen MR) is 121 cm³/mol. The topological polar surface area (TPSA) is 63.4 Å². The van der Waals surface area contributed by atoms with Crippen molar-refractivity contribution >= 4 is 34.3 Å². The molecule has 0 N–H and O–H groups in total. The minimum atomic E-state index is -0.683. The van der Waals surface area contributed by atoms with Crippen molar-refractivity contribution in [2.45, 2.75) is 26.8 Å². The van der Waals surface area contributed by atoms with Gasteiger partial charge in [-0.15, -0.1) is 0 Å². The van der Waals surface area contributed by atoms with E-state index in [1.54, 1.807) is 24.4 Å². The van der Waals surface area contributed by atoms with E-state index < -0.39 is 11.9 Å². The molecule has 0 saturated heterocycles. The molecular weight excluding hydrogens is 412 g/mol. The van der Waals surface area contributed by atoms with Gasteiger partial charge in [0.1, 0.15) is 11.4 Å². The number of halogens is 1.